The van der Waals surface area contributed by atoms with E-state index in [2.05, 4.69) is 10.5 Å². The van der Waals surface area contributed by atoms with Crippen LogP contribution in [0.1, 0.15) is 42.8 Å². The monoisotopic (exact) mass is 435 g/mol. The van der Waals surface area contributed by atoms with E-state index in [9.17, 15) is 13.2 Å². The van der Waals surface area contributed by atoms with Gasteiger partial charge in [0.1, 0.15) is 10.6 Å². The van der Waals surface area contributed by atoms with Gasteiger partial charge in [0.05, 0.1) is 6.04 Å². The molecule has 10 heteroatoms. The molecule has 1 N–H and O–H groups in total. The molecule has 1 aromatic carbocycles. The Morgan fingerprint density at radius 3 is 2.57 bits per heavy atom. The van der Waals surface area contributed by atoms with Gasteiger partial charge < -0.3 is 19.3 Å². The number of fused-ring (bicyclic) bond motifs is 1. The fraction of sp³-hybridized carbons (Fsp3) is 0.500. The molecule has 9 nitrogen and oxygen atoms in total. The summed E-state index contributed by atoms with van der Waals surface area (Å²) in [6.07, 6.45) is 0.921. The van der Waals surface area contributed by atoms with Gasteiger partial charge in [0.15, 0.2) is 17.3 Å². The first-order valence-electron chi connectivity index (χ1n) is 9.90. The van der Waals surface area contributed by atoms with Gasteiger partial charge in [-0.15, -0.1) is 0 Å². The second-order valence-corrected chi connectivity index (χ2v) is 9.55. The number of piperidine rings is 1. The first-order chi connectivity index (χ1) is 14.3. The Hall–Kier alpha value is -2.59. The van der Waals surface area contributed by atoms with Gasteiger partial charge >= 0.3 is 0 Å². The number of hydrogen-bond donors (Lipinski definition) is 1. The first kappa shape index (κ1) is 20.7. The summed E-state index contributed by atoms with van der Waals surface area (Å²) >= 11 is 0. The highest BCUT2D eigenvalue weighted by molar-refractivity contribution is 7.89. The van der Waals surface area contributed by atoms with Gasteiger partial charge in [0, 0.05) is 19.0 Å². The number of nitrogens with one attached hydrogen (secondary N) is 1. The Morgan fingerprint density at radius 1 is 1.20 bits per heavy atom. The van der Waals surface area contributed by atoms with Crippen molar-refractivity contribution in [3.8, 4) is 11.5 Å². The average molecular weight is 436 g/mol. The molecule has 0 bridgehead atoms. The molecule has 4 rings (SSSR count). The van der Waals surface area contributed by atoms with Crippen molar-refractivity contribution >= 4 is 15.9 Å². The van der Waals surface area contributed by atoms with Gasteiger partial charge in [-0.3, -0.25) is 4.79 Å². The van der Waals surface area contributed by atoms with Crippen molar-refractivity contribution in [3.63, 3.8) is 0 Å². The van der Waals surface area contributed by atoms with Crippen LogP contribution in [0.5, 0.6) is 11.5 Å². The zero-order valence-electron chi connectivity index (χ0n) is 17.2. The molecule has 30 heavy (non-hydrogen) atoms. The van der Waals surface area contributed by atoms with Crippen LogP contribution in [0.3, 0.4) is 0 Å². The Kier molecular flexibility index (Phi) is 5.46. The molecular formula is C20H25N3O6S. The van der Waals surface area contributed by atoms with E-state index in [1.165, 1.54) is 4.31 Å². The molecule has 162 valence electrons. The number of carbonyl (C=O) groups is 1. The molecule has 0 radical (unpaired) electrons. The number of amides is 1. The molecule has 2 aliphatic heterocycles. The summed E-state index contributed by atoms with van der Waals surface area (Å²) in [7, 11) is -3.68. The molecule has 2 aromatic rings. The third kappa shape index (κ3) is 3.77. The summed E-state index contributed by atoms with van der Waals surface area (Å²) in [6, 6.07) is 5.40. The van der Waals surface area contributed by atoms with Gasteiger partial charge in [-0.1, -0.05) is 11.2 Å². The van der Waals surface area contributed by atoms with Crippen molar-refractivity contribution in [1.82, 2.24) is 14.8 Å². The van der Waals surface area contributed by atoms with E-state index < -0.39 is 10.0 Å². The maximum absolute atomic E-state index is 12.9. The number of hydrogen-bond acceptors (Lipinski definition) is 7. The lowest BCUT2D eigenvalue weighted by Crippen LogP contribution is -2.43. The van der Waals surface area contributed by atoms with Gasteiger partial charge in [-0.2, -0.15) is 4.31 Å². The number of rotatable bonds is 5. The molecule has 1 aromatic heterocycles. The van der Waals surface area contributed by atoms with E-state index >= 15 is 0 Å². The predicted octanol–water partition coefficient (Wildman–Crippen LogP) is 2.30. The molecule has 0 spiro atoms. The maximum atomic E-state index is 12.9. The van der Waals surface area contributed by atoms with E-state index in [1.807, 2.05) is 25.1 Å². The highest BCUT2D eigenvalue weighted by Crippen LogP contribution is 2.34. The third-order valence-electron chi connectivity index (χ3n) is 5.65. The lowest BCUT2D eigenvalue weighted by Gasteiger charge is -2.31. The van der Waals surface area contributed by atoms with Gasteiger partial charge in [-0.25, -0.2) is 8.42 Å². The minimum atomic E-state index is -3.68. The van der Waals surface area contributed by atoms with Crippen molar-refractivity contribution in [2.45, 2.75) is 44.6 Å². The number of aryl methyl sites for hydroxylation is 2. The summed E-state index contributed by atoms with van der Waals surface area (Å²) in [4.78, 5) is 12.9. The van der Waals surface area contributed by atoms with Crippen molar-refractivity contribution in [3.05, 3.63) is 35.2 Å². The highest BCUT2D eigenvalue weighted by atomic mass is 32.2. The summed E-state index contributed by atoms with van der Waals surface area (Å²) < 4.78 is 43.0. The Bertz CT molecular complexity index is 1040. The van der Waals surface area contributed by atoms with Crippen LogP contribution in [0.2, 0.25) is 0 Å². The minimum absolute atomic E-state index is 0.0745. The zero-order valence-corrected chi connectivity index (χ0v) is 18.0. The molecule has 1 fully saturated rings. The fourth-order valence-electron chi connectivity index (χ4n) is 3.93. The zero-order chi connectivity index (χ0) is 21.5. The highest BCUT2D eigenvalue weighted by Gasteiger charge is 2.35. The second kappa shape index (κ2) is 7.92. The summed E-state index contributed by atoms with van der Waals surface area (Å²) in [5.74, 6) is 1.34. The van der Waals surface area contributed by atoms with Crippen LogP contribution in [0, 0.1) is 19.8 Å². The molecular weight excluding hydrogens is 410 g/mol. The van der Waals surface area contributed by atoms with Crippen LogP contribution >= 0.6 is 0 Å². The van der Waals surface area contributed by atoms with Gasteiger partial charge in [0.25, 0.3) is 0 Å². The maximum Gasteiger partial charge on any atom is 0.248 e. The fourth-order valence-corrected chi connectivity index (χ4v) is 5.69. The minimum Gasteiger partial charge on any atom is -0.454 e. The lowest BCUT2D eigenvalue weighted by atomic mass is 9.96. The molecule has 0 aliphatic carbocycles. The Labute approximate surface area is 175 Å². The smallest absolute Gasteiger partial charge is 0.248 e. The summed E-state index contributed by atoms with van der Waals surface area (Å²) in [5.41, 5.74) is 1.27. The molecule has 1 saturated heterocycles. The van der Waals surface area contributed by atoms with E-state index in [0.717, 1.165) is 5.56 Å². The Morgan fingerprint density at radius 2 is 1.90 bits per heavy atom. The average Bonchev–Trinajstić information content (AvgIpc) is 3.33. The summed E-state index contributed by atoms with van der Waals surface area (Å²) in [6.45, 7) is 5.87. The molecule has 2 aliphatic rings. The predicted molar refractivity (Wildman–Crippen MR) is 107 cm³/mol. The normalized spacial score (nSPS) is 18.4. The van der Waals surface area contributed by atoms with Crippen molar-refractivity contribution < 1.29 is 27.2 Å². The first-order valence-corrected chi connectivity index (χ1v) is 11.3. The molecule has 1 amide bonds. The largest absolute Gasteiger partial charge is 0.454 e. The van der Waals surface area contributed by atoms with E-state index in [-0.39, 0.29) is 48.4 Å². The summed E-state index contributed by atoms with van der Waals surface area (Å²) in [5, 5.41) is 6.77. The second-order valence-electron chi connectivity index (χ2n) is 7.67. The molecule has 0 unspecified atom stereocenters. The van der Waals surface area contributed by atoms with Gasteiger partial charge in [-0.05, 0) is 51.3 Å². The van der Waals surface area contributed by atoms with E-state index in [4.69, 9.17) is 14.0 Å². The number of carbonyl (C=O) groups excluding carboxylic acids is 1. The quantitative estimate of drug-likeness (QED) is 0.767. The van der Waals surface area contributed by atoms with Crippen LogP contribution in [-0.2, 0) is 14.8 Å². The van der Waals surface area contributed by atoms with E-state index in [0.29, 0.717) is 30.0 Å². The van der Waals surface area contributed by atoms with Crippen LogP contribution < -0.4 is 14.8 Å². The van der Waals surface area contributed by atoms with Crippen LogP contribution in [0.15, 0.2) is 27.6 Å². The van der Waals surface area contributed by atoms with Crippen LogP contribution in [0.4, 0.5) is 0 Å². The Balaban J connectivity index is 1.36. The lowest BCUT2D eigenvalue weighted by molar-refractivity contribution is -0.126. The number of benzene rings is 1. The topological polar surface area (TPSA) is 111 Å². The SMILES string of the molecule is Cc1noc(C)c1S(=O)(=O)N1CCC(C(=O)N[C@@H](C)c2ccc3c(c2)OCO3)CC1. The van der Waals surface area contributed by atoms with Crippen molar-refractivity contribution in [2.24, 2.45) is 5.92 Å². The molecule has 0 saturated carbocycles. The third-order valence-corrected chi connectivity index (χ3v) is 7.79. The number of ether oxygens (including phenoxy) is 2. The van der Waals surface area contributed by atoms with Crippen molar-refractivity contribution in [1.29, 1.82) is 0 Å². The van der Waals surface area contributed by atoms with Crippen molar-refractivity contribution in [2.75, 3.05) is 19.9 Å². The van der Waals surface area contributed by atoms with Crippen LogP contribution in [0.25, 0.3) is 0 Å². The molecule has 1 atom stereocenters. The van der Waals surface area contributed by atoms with Crippen LogP contribution in [-0.4, -0.2) is 43.7 Å². The standard InChI is InChI=1S/C20H25N3O6S/c1-12(16-4-5-17-18(10-16)28-11-27-17)21-20(24)15-6-8-23(9-7-15)30(25,26)19-13(2)22-29-14(19)3/h4-5,10,12,15H,6-9,11H2,1-3H3,(H,21,24)/t12-/m0/s1. The van der Waals surface area contributed by atoms with Gasteiger partial charge in [0.2, 0.25) is 22.7 Å². The number of nitrogens with zero attached hydrogens (tertiary/aromatic N) is 2. The number of aromatic nitrogens is 1. The van der Waals surface area contributed by atoms with E-state index in [1.54, 1.807) is 13.8 Å². The molecule has 3 heterocycles. The number of sulfonamides is 1.